The summed E-state index contributed by atoms with van der Waals surface area (Å²) < 4.78 is 18.4. The van der Waals surface area contributed by atoms with Crippen LogP contribution in [0, 0.1) is 5.82 Å². The Morgan fingerprint density at radius 1 is 1.09 bits per heavy atom. The predicted octanol–water partition coefficient (Wildman–Crippen LogP) is 4.50. The molecule has 0 aromatic heterocycles. The molecule has 0 spiro atoms. The van der Waals surface area contributed by atoms with Crippen LogP contribution in [-0.4, -0.2) is 12.9 Å². The fourth-order valence-electron chi connectivity index (χ4n) is 3.17. The molecule has 0 bridgehead atoms. The van der Waals surface area contributed by atoms with E-state index in [1.807, 2.05) is 24.3 Å². The molecule has 1 aliphatic carbocycles. The highest BCUT2D eigenvalue weighted by molar-refractivity contribution is 5.99. The number of halogens is 1. The summed E-state index contributed by atoms with van der Waals surface area (Å²) in [7, 11) is 1.67. The molecule has 1 aliphatic rings. The highest BCUT2D eigenvalue weighted by atomic mass is 19.1. The molecule has 2 aromatic rings. The Balaban J connectivity index is 1.91. The summed E-state index contributed by atoms with van der Waals surface area (Å²) >= 11 is 0. The summed E-state index contributed by atoms with van der Waals surface area (Å²) in [5, 5.41) is 0. The van der Waals surface area contributed by atoms with Gasteiger partial charge < -0.3 is 4.74 Å². The maximum Gasteiger partial charge on any atom is 0.156 e. The van der Waals surface area contributed by atoms with Crippen molar-refractivity contribution in [2.24, 2.45) is 0 Å². The molecule has 118 valence electrons. The molecule has 0 N–H and O–H groups in total. The third-order valence-electron chi connectivity index (χ3n) is 4.25. The number of hydrogen-bond acceptors (Lipinski definition) is 2. The molecule has 0 saturated heterocycles. The highest BCUT2D eigenvalue weighted by Crippen LogP contribution is 2.37. The Kier molecular flexibility index (Phi) is 4.68. The van der Waals surface area contributed by atoms with Crippen LogP contribution < -0.4 is 0 Å². The zero-order chi connectivity index (χ0) is 16.2. The topological polar surface area (TPSA) is 26.3 Å². The number of carbonyl (C=O) groups excluding carboxylic acids is 1. The van der Waals surface area contributed by atoms with Gasteiger partial charge in [-0.2, -0.15) is 0 Å². The lowest BCUT2D eigenvalue weighted by molar-refractivity contribution is -0.115. The lowest BCUT2D eigenvalue weighted by atomic mass is 9.80. The minimum atomic E-state index is -0.253. The minimum Gasteiger partial charge on any atom is -0.380 e. The van der Waals surface area contributed by atoms with Gasteiger partial charge in [-0.15, -0.1) is 0 Å². The Morgan fingerprint density at radius 2 is 1.83 bits per heavy atom. The van der Waals surface area contributed by atoms with Crippen LogP contribution in [0.3, 0.4) is 0 Å². The van der Waals surface area contributed by atoms with Crippen molar-refractivity contribution in [2.75, 3.05) is 7.11 Å². The van der Waals surface area contributed by atoms with Crippen LogP contribution in [0.1, 0.15) is 35.4 Å². The maximum absolute atomic E-state index is 13.1. The average molecular weight is 310 g/mol. The normalized spacial score (nSPS) is 17.9. The Labute approximate surface area is 135 Å². The van der Waals surface area contributed by atoms with Gasteiger partial charge in [0.25, 0.3) is 0 Å². The van der Waals surface area contributed by atoms with Gasteiger partial charge in [0.05, 0.1) is 6.61 Å². The van der Waals surface area contributed by atoms with Crippen molar-refractivity contribution in [1.82, 2.24) is 0 Å². The zero-order valence-corrected chi connectivity index (χ0v) is 13.1. The summed E-state index contributed by atoms with van der Waals surface area (Å²) in [4.78, 5) is 12.2. The summed E-state index contributed by atoms with van der Waals surface area (Å²) in [5.41, 5.74) is 4.18. The van der Waals surface area contributed by atoms with E-state index in [0.717, 1.165) is 28.7 Å². The smallest absolute Gasteiger partial charge is 0.156 e. The number of allylic oxidation sites excluding steroid dienone is 2. The van der Waals surface area contributed by atoms with Gasteiger partial charge in [0.1, 0.15) is 5.82 Å². The van der Waals surface area contributed by atoms with Crippen LogP contribution in [-0.2, 0) is 16.1 Å². The van der Waals surface area contributed by atoms with Gasteiger partial charge in [-0.25, -0.2) is 4.39 Å². The summed E-state index contributed by atoms with van der Waals surface area (Å²) in [5.74, 6) is -0.0383. The number of ether oxygens (including phenoxy) is 1. The van der Waals surface area contributed by atoms with Crippen LogP contribution in [0.15, 0.2) is 54.6 Å². The lowest BCUT2D eigenvalue weighted by Crippen LogP contribution is -2.13. The van der Waals surface area contributed by atoms with E-state index in [2.05, 4.69) is 0 Å². The second-order valence-electron chi connectivity index (χ2n) is 5.88. The predicted molar refractivity (Wildman–Crippen MR) is 88.5 cm³/mol. The molecule has 1 unspecified atom stereocenters. The quantitative estimate of drug-likeness (QED) is 0.831. The van der Waals surface area contributed by atoms with Crippen LogP contribution in [0.2, 0.25) is 0 Å². The molecule has 3 heteroatoms. The van der Waals surface area contributed by atoms with Gasteiger partial charge in [0.2, 0.25) is 0 Å². The molecule has 0 fully saturated rings. The first kappa shape index (κ1) is 15.6. The van der Waals surface area contributed by atoms with E-state index in [4.69, 9.17) is 4.74 Å². The van der Waals surface area contributed by atoms with E-state index in [9.17, 15) is 9.18 Å². The fourth-order valence-corrected chi connectivity index (χ4v) is 3.17. The maximum atomic E-state index is 13.1. The molecule has 0 aliphatic heterocycles. The molecular weight excluding hydrogens is 291 g/mol. The van der Waals surface area contributed by atoms with Crippen LogP contribution >= 0.6 is 0 Å². The van der Waals surface area contributed by atoms with Gasteiger partial charge in [0, 0.05) is 13.5 Å². The zero-order valence-electron chi connectivity index (χ0n) is 13.1. The SMILES string of the molecule is COCc1ccccc1C1=CC(=O)CC(c2ccc(F)cc2)C1. The molecule has 0 heterocycles. The summed E-state index contributed by atoms with van der Waals surface area (Å²) in [6.45, 7) is 0.517. The second-order valence-corrected chi connectivity index (χ2v) is 5.88. The van der Waals surface area contributed by atoms with Crippen molar-refractivity contribution in [3.63, 3.8) is 0 Å². The molecule has 0 amide bonds. The molecule has 0 radical (unpaired) electrons. The van der Waals surface area contributed by atoms with E-state index in [0.29, 0.717) is 13.0 Å². The lowest BCUT2D eigenvalue weighted by Gasteiger charge is -2.24. The monoisotopic (exact) mass is 310 g/mol. The third-order valence-corrected chi connectivity index (χ3v) is 4.25. The van der Waals surface area contributed by atoms with Crippen LogP contribution in [0.25, 0.3) is 5.57 Å². The average Bonchev–Trinajstić information content (AvgIpc) is 2.56. The molecule has 3 rings (SSSR count). The number of hydrogen-bond donors (Lipinski definition) is 0. The van der Waals surface area contributed by atoms with Crippen molar-refractivity contribution in [3.05, 3.63) is 77.1 Å². The first-order valence-corrected chi connectivity index (χ1v) is 7.73. The molecule has 1 atom stereocenters. The Bertz CT molecular complexity index is 732. The second kappa shape index (κ2) is 6.88. The van der Waals surface area contributed by atoms with Gasteiger partial charge in [0.15, 0.2) is 5.78 Å². The fraction of sp³-hybridized carbons (Fsp3) is 0.250. The van der Waals surface area contributed by atoms with Gasteiger partial charge in [-0.3, -0.25) is 4.79 Å². The van der Waals surface area contributed by atoms with Gasteiger partial charge in [-0.1, -0.05) is 36.4 Å². The molecular formula is C20H19FO2. The van der Waals surface area contributed by atoms with Crippen molar-refractivity contribution in [3.8, 4) is 0 Å². The van der Waals surface area contributed by atoms with Crippen molar-refractivity contribution in [1.29, 1.82) is 0 Å². The largest absolute Gasteiger partial charge is 0.380 e. The van der Waals surface area contributed by atoms with Crippen LogP contribution in [0.4, 0.5) is 4.39 Å². The molecule has 23 heavy (non-hydrogen) atoms. The van der Waals surface area contributed by atoms with E-state index >= 15 is 0 Å². The summed E-state index contributed by atoms with van der Waals surface area (Å²) in [6, 6.07) is 14.5. The van der Waals surface area contributed by atoms with Crippen molar-refractivity contribution >= 4 is 11.4 Å². The number of carbonyl (C=O) groups is 1. The molecule has 2 nitrogen and oxygen atoms in total. The van der Waals surface area contributed by atoms with Gasteiger partial charge >= 0.3 is 0 Å². The Morgan fingerprint density at radius 3 is 2.57 bits per heavy atom. The first-order valence-electron chi connectivity index (χ1n) is 7.73. The van der Waals surface area contributed by atoms with Crippen LogP contribution in [0.5, 0.6) is 0 Å². The standard InChI is InChI=1S/C20H19FO2/c1-23-13-15-4-2-3-5-20(15)17-10-16(11-19(22)12-17)14-6-8-18(21)9-7-14/h2-9,12,16H,10-11,13H2,1H3. The number of ketones is 1. The van der Waals surface area contributed by atoms with E-state index < -0.39 is 0 Å². The number of benzene rings is 2. The third kappa shape index (κ3) is 3.57. The first-order chi connectivity index (χ1) is 11.2. The van der Waals surface area contributed by atoms with Crippen molar-refractivity contribution < 1.29 is 13.9 Å². The number of rotatable bonds is 4. The highest BCUT2D eigenvalue weighted by Gasteiger charge is 2.24. The molecule has 0 saturated carbocycles. The van der Waals surface area contributed by atoms with E-state index in [-0.39, 0.29) is 17.5 Å². The summed E-state index contributed by atoms with van der Waals surface area (Å²) in [6.07, 6.45) is 2.99. The number of methoxy groups -OCH3 is 1. The minimum absolute atomic E-state index is 0.0960. The Hall–Kier alpha value is -2.26. The van der Waals surface area contributed by atoms with Gasteiger partial charge in [-0.05, 0) is 52.8 Å². The van der Waals surface area contributed by atoms with E-state index in [1.54, 1.807) is 25.3 Å². The van der Waals surface area contributed by atoms with Crippen molar-refractivity contribution in [2.45, 2.75) is 25.4 Å². The van der Waals surface area contributed by atoms with E-state index in [1.165, 1.54) is 12.1 Å². The molecule has 2 aromatic carbocycles.